The Morgan fingerprint density at radius 1 is 1.08 bits per heavy atom. The lowest BCUT2D eigenvalue weighted by Gasteiger charge is -2.35. The van der Waals surface area contributed by atoms with Gasteiger partial charge in [0.15, 0.2) is 5.60 Å². The lowest BCUT2D eigenvalue weighted by molar-refractivity contribution is -0.152. The highest BCUT2D eigenvalue weighted by Crippen LogP contribution is 2.46. The van der Waals surface area contributed by atoms with E-state index in [0.29, 0.717) is 54.8 Å². The predicted octanol–water partition coefficient (Wildman–Crippen LogP) is 6.05. The second-order valence-corrected chi connectivity index (χ2v) is 19.8. The Morgan fingerprint density at radius 2 is 1.80 bits per heavy atom. The molecular formula is C41H54ClF2N5O9S. The monoisotopic (exact) mass is 865 g/mol. The van der Waals surface area contributed by atoms with Gasteiger partial charge in [-0.05, 0) is 90.2 Å². The summed E-state index contributed by atoms with van der Waals surface area (Å²) >= 11 is 6.58. The molecule has 0 bridgehead atoms. The summed E-state index contributed by atoms with van der Waals surface area (Å²) < 4.78 is 74.4. The molecule has 6 rings (SSSR count). The number of hydrogen-bond acceptors (Lipinski definition) is 10. The van der Waals surface area contributed by atoms with Crippen LogP contribution in [0.5, 0.6) is 11.8 Å². The number of alkyl carbamates (subject to hydrolysis) is 1. The summed E-state index contributed by atoms with van der Waals surface area (Å²) in [7, 11) is -3.97. The van der Waals surface area contributed by atoms with Crippen molar-refractivity contribution in [3.8, 4) is 11.8 Å². The molecule has 3 heterocycles. The number of fused-ring (bicyclic) bond motifs is 3. The lowest BCUT2D eigenvalue weighted by atomic mass is 9.88. The standard InChI is InChI=1S/C41H54ClF2N5O9S/c1-22(2)56-32-19-29-28(13-10-14-30(29)42)35(45-32)57-26-18-31-34(50)47-41(37(52)48-59(54,55)27-15-16-27)20-25(41)12-9-8-11-23(3)17-24(4)33(36(51)49(31)21-26)46-38(53)58-39(5,6)40(7,43)44/h9-10,12-14,19,22-27,31,33H,8,11,15-18,20-21H2,1-7H3,(H,46,53)(H,47,50)(H,48,52)/b12-9-/t23-,24-,25-,26-,31+,33+,41-/m1/s1. The highest BCUT2D eigenvalue weighted by Gasteiger charge is 2.62. The first-order valence-corrected chi connectivity index (χ1v) is 22.1. The summed E-state index contributed by atoms with van der Waals surface area (Å²) in [5.74, 6) is -6.47. The van der Waals surface area contributed by atoms with E-state index in [1.54, 1.807) is 31.2 Å². The molecule has 4 amide bonds. The van der Waals surface area contributed by atoms with Gasteiger partial charge in [0.25, 0.3) is 11.8 Å². The minimum absolute atomic E-state index is 0.0111. The Kier molecular flexibility index (Phi) is 12.5. The number of amides is 4. The normalized spacial score (nSPS) is 28.7. The molecule has 324 valence electrons. The summed E-state index contributed by atoms with van der Waals surface area (Å²) in [5.41, 5.74) is -3.84. The van der Waals surface area contributed by atoms with Gasteiger partial charge in [-0.2, -0.15) is 4.98 Å². The number of carbonyl (C=O) groups excluding carboxylic acids is 4. The predicted molar refractivity (Wildman–Crippen MR) is 216 cm³/mol. The lowest BCUT2D eigenvalue weighted by Crippen LogP contribution is -2.59. The minimum atomic E-state index is -3.97. The van der Waals surface area contributed by atoms with Gasteiger partial charge in [0.05, 0.1) is 17.9 Å². The Balaban J connectivity index is 1.37. The second-order valence-electron chi connectivity index (χ2n) is 17.4. The van der Waals surface area contributed by atoms with Gasteiger partial charge >= 0.3 is 6.09 Å². The molecule has 3 fully saturated rings. The van der Waals surface area contributed by atoms with Crippen molar-refractivity contribution in [2.24, 2.45) is 17.8 Å². The van der Waals surface area contributed by atoms with E-state index in [0.717, 1.165) is 13.8 Å². The molecule has 3 N–H and O–H groups in total. The van der Waals surface area contributed by atoms with E-state index in [4.69, 9.17) is 25.8 Å². The summed E-state index contributed by atoms with van der Waals surface area (Å²) in [6.45, 7) is 9.95. The number of pyridine rings is 1. The Labute approximate surface area is 348 Å². The van der Waals surface area contributed by atoms with Crippen LogP contribution in [-0.2, 0) is 29.1 Å². The average Bonchev–Trinajstić information content (AvgIpc) is 4.05. The topological polar surface area (TPSA) is 182 Å². The zero-order valence-corrected chi connectivity index (χ0v) is 35.9. The zero-order chi connectivity index (χ0) is 43.2. The third-order valence-corrected chi connectivity index (χ3v) is 13.8. The number of hydrogen-bond donors (Lipinski definition) is 3. The molecular weight excluding hydrogens is 812 g/mol. The molecule has 0 spiro atoms. The fourth-order valence-electron chi connectivity index (χ4n) is 7.71. The summed E-state index contributed by atoms with van der Waals surface area (Å²) in [6.07, 6.45) is 3.85. The molecule has 2 aromatic rings. The van der Waals surface area contributed by atoms with Crippen LogP contribution in [0.3, 0.4) is 0 Å². The molecule has 2 saturated carbocycles. The van der Waals surface area contributed by atoms with E-state index in [-0.39, 0.29) is 43.2 Å². The van der Waals surface area contributed by atoms with E-state index in [9.17, 15) is 36.4 Å². The van der Waals surface area contributed by atoms with Crippen LogP contribution in [0, 0.1) is 17.8 Å². The number of alkyl halides is 2. The highest BCUT2D eigenvalue weighted by atomic mass is 35.5. The average molecular weight is 866 g/mol. The number of allylic oxidation sites excluding steroid dienone is 1. The number of benzene rings is 1. The van der Waals surface area contributed by atoms with Crippen molar-refractivity contribution in [1.82, 2.24) is 25.2 Å². The van der Waals surface area contributed by atoms with Crippen LogP contribution in [0.2, 0.25) is 5.02 Å². The van der Waals surface area contributed by atoms with Crippen LogP contribution in [0.15, 0.2) is 36.4 Å². The van der Waals surface area contributed by atoms with Gasteiger partial charge in [-0.15, -0.1) is 0 Å². The van der Waals surface area contributed by atoms with E-state index >= 15 is 0 Å². The maximum Gasteiger partial charge on any atom is 0.408 e. The summed E-state index contributed by atoms with van der Waals surface area (Å²) in [5, 5.41) is 6.21. The molecule has 4 aliphatic rings. The van der Waals surface area contributed by atoms with Crippen molar-refractivity contribution in [2.75, 3.05) is 6.54 Å². The van der Waals surface area contributed by atoms with Gasteiger partial charge in [0, 0.05) is 41.1 Å². The second kappa shape index (κ2) is 16.7. The number of nitrogens with zero attached hydrogens (tertiary/aromatic N) is 2. The maximum absolute atomic E-state index is 14.9. The van der Waals surface area contributed by atoms with Crippen molar-refractivity contribution in [1.29, 1.82) is 0 Å². The number of halogens is 3. The van der Waals surface area contributed by atoms with Crippen molar-refractivity contribution in [3.63, 3.8) is 0 Å². The van der Waals surface area contributed by atoms with E-state index in [1.807, 2.05) is 32.9 Å². The fourth-order valence-corrected chi connectivity index (χ4v) is 9.30. The summed E-state index contributed by atoms with van der Waals surface area (Å²) in [4.78, 5) is 62.5. The molecule has 14 nitrogen and oxygen atoms in total. The molecule has 2 aliphatic carbocycles. The van der Waals surface area contributed by atoms with Gasteiger partial charge in [-0.3, -0.25) is 19.1 Å². The van der Waals surface area contributed by atoms with Gasteiger partial charge in [-0.1, -0.05) is 43.7 Å². The van der Waals surface area contributed by atoms with Gasteiger partial charge in [0.1, 0.15) is 23.7 Å². The van der Waals surface area contributed by atoms with Crippen LogP contribution in [-0.4, -0.2) is 95.3 Å². The third-order valence-electron chi connectivity index (χ3n) is 11.7. The van der Waals surface area contributed by atoms with Crippen molar-refractivity contribution < 1.29 is 50.6 Å². The number of sulfonamides is 1. The smallest absolute Gasteiger partial charge is 0.408 e. The van der Waals surface area contributed by atoms with Crippen LogP contribution in [0.25, 0.3) is 10.8 Å². The Morgan fingerprint density at radius 3 is 2.46 bits per heavy atom. The first-order chi connectivity index (χ1) is 27.5. The molecule has 7 atom stereocenters. The maximum atomic E-state index is 14.9. The van der Waals surface area contributed by atoms with Gasteiger partial charge < -0.3 is 29.7 Å². The fraction of sp³-hybridized carbons (Fsp3) is 0.634. The van der Waals surface area contributed by atoms with Crippen molar-refractivity contribution in [3.05, 3.63) is 41.4 Å². The van der Waals surface area contributed by atoms with Crippen LogP contribution >= 0.6 is 11.6 Å². The first kappa shape index (κ1) is 44.3. The molecule has 0 unspecified atom stereocenters. The van der Waals surface area contributed by atoms with E-state index in [1.165, 1.54) is 4.90 Å². The number of rotatable bonds is 10. The highest BCUT2D eigenvalue weighted by molar-refractivity contribution is 7.91. The number of carbonyl (C=O) groups is 4. The summed E-state index contributed by atoms with van der Waals surface area (Å²) in [6, 6.07) is 4.23. The molecule has 18 heteroatoms. The molecule has 0 radical (unpaired) electrons. The van der Waals surface area contributed by atoms with Crippen molar-refractivity contribution in [2.45, 2.75) is 140 Å². The van der Waals surface area contributed by atoms with Crippen LogP contribution in [0.1, 0.15) is 93.4 Å². The molecule has 59 heavy (non-hydrogen) atoms. The minimum Gasteiger partial charge on any atom is -0.475 e. The zero-order valence-electron chi connectivity index (χ0n) is 34.4. The van der Waals surface area contributed by atoms with Crippen LogP contribution < -0.4 is 24.8 Å². The van der Waals surface area contributed by atoms with Crippen LogP contribution in [0.4, 0.5) is 13.6 Å². The number of nitrogens with one attached hydrogen (secondary N) is 3. The van der Waals surface area contributed by atoms with Gasteiger partial charge in [-0.25, -0.2) is 22.0 Å². The number of aromatic nitrogens is 1. The Bertz CT molecular complexity index is 2110. The van der Waals surface area contributed by atoms with Crippen molar-refractivity contribution >= 4 is 56.2 Å². The molecule has 1 saturated heterocycles. The van der Waals surface area contributed by atoms with E-state index < -0.39 is 86.2 Å². The Hall–Kier alpha value is -4.25. The third kappa shape index (κ3) is 9.87. The van der Waals surface area contributed by atoms with E-state index in [2.05, 4.69) is 20.3 Å². The largest absolute Gasteiger partial charge is 0.475 e. The molecule has 1 aromatic heterocycles. The number of ether oxygens (including phenoxy) is 3. The quantitative estimate of drug-likeness (QED) is 0.238. The van der Waals surface area contributed by atoms with Gasteiger partial charge in [0.2, 0.25) is 33.6 Å². The molecule has 2 aliphatic heterocycles. The molecule has 1 aromatic carbocycles. The first-order valence-electron chi connectivity index (χ1n) is 20.2. The SMILES string of the molecule is CC(C)Oc1cc2c(Cl)cccc2c(O[C@@H]2C[C@H]3C(=O)N[C@]4(C(=O)NS(=O)(=O)C5CC5)C[C@H]4/C=C\CC[C@@H](C)C[C@@H](C)[C@H](NC(=O)OC(C)(C)C(C)(F)F)C(=O)N3C2)n1.